The maximum absolute atomic E-state index is 9.98. The van der Waals surface area contributed by atoms with Crippen LogP contribution in [0.25, 0.3) is 0 Å². The molecule has 0 rings (SSSR count). The van der Waals surface area contributed by atoms with Crippen molar-refractivity contribution in [3.63, 3.8) is 0 Å². The van der Waals surface area contributed by atoms with Gasteiger partial charge in [0.05, 0.1) is 0 Å². The number of aliphatic carboxylic acids is 1. The van der Waals surface area contributed by atoms with Crippen LogP contribution < -0.4 is 0 Å². The van der Waals surface area contributed by atoms with Gasteiger partial charge >= 0.3 is 11.9 Å². The summed E-state index contributed by atoms with van der Waals surface area (Å²) >= 11 is 0. The molecule has 63 valence electrons. The van der Waals surface area contributed by atoms with Gasteiger partial charge in [0.25, 0.3) is 0 Å². The third kappa shape index (κ3) is 7.64. The number of aliphatic hydroxyl groups excluding tert-OH is 1. The van der Waals surface area contributed by atoms with E-state index in [4.69, 9.17) is 10.2 Å². The van der Waals surface area contributed by atoms with Crippen LogP contribution in [-0.2, 0) is 36.7 Å². The van der Waals surface area contributed by atoms with E-state index in [1.165, 1.54) is 0 Å². The number of carbonyl (C=O) groups excluding carboxylic acids is 1. The van der Waals surface area contributed by atoms with Crippen LogP contribution >= 0.6 is 0 Å². The molecule has 0 saturated carbocycles. The summed E-state index contributed by atoms with van der Waals surface area (Å²) in [6, 6.07) is 0. The van der Waals surface area contributed by atoms with Crippen LogP contribution in [-0.4, -0.2) is 35.4 Å². The van der Waals surface area contributed by atoms with Crippen molar-refractivity contribution >= 4 is 11.9 Å². The molecule has 0 aromatic carbocycles. The van der Waals surface area contributed by atoms with Crippen molar-refractivity contribution in [1.29, 1.82) is 0 Å². The predicted octanol–water partition coefficient (Wildman–Crippen LogP) is -1.40. The standard InChI is InChI=1S/C4H6O5.Ag/c5-1-4(8)9-2-3(6)7;/h5H,1-2H2,(H,6,7);. The first kappa shape index (κ1) is 12.3. The van der Waals surface area contributed by atoms with Gasteiger partial charge in [-0.2, -0.15) is 0 Å². The Morgan fingerprint density at radius 1 is 1.40 bits per heavy atom. The Bertz CT molecular complexity index is 123. The maximum atomic E-state index is 9.98. The van der Waals surface area contributed by atoms with Crippen molar-refractivity contribution in [3.8, 4) is 0 Å². The van der Waals surface area contributed by atoms with Crippen LogP contribution in [0.5, 0.6) is 0 Å². The fraction of sp³-hybridized carbons (Fsp3) is 0.500. The number of aliphatic hydroxyl groups is 1. The summed E-state index contributed by atoms with van der Waals surface area (Å²) in [4.78, 5) is 19.6. The first-order valence-corrected chi connectivity index (χ1v) is 2.15. The van der Waals surface area contributed by atoms with Crippen molar-refractivity contribution in [2.75, 3.05) is 13.2 Å². The van der Waals surface area contributed by atoms with Gasteiger partial charge in [-0.25, -0.2) is 9.59 Å². The predicted molar refractivity (Wildman–Crippen MR) is 25.7 cm³/mol. The summed E-state index contributed by atoms with van der Waals surface area (Å²) in [5, 5.41) is 15.9. The van der Waals surface area contributed by atoms with Gasteiger partial charge in [0.1, 0.15) is 6.61 Å². The molecule has 0 bridgehead atoms. The van der Waals surface area contributed by atoms with E-state index < -0.39 is 25.2 Å². The zero-order valence-electron chi connectivity index (χ0n) is 4.83. The quantitative estimate of drug-likeness (QED) is 0.470. The van der Waals surface area contributed by atoms with Crippen LogP contribution in [0.15, 0.2) is 0 Å². The molecule has 0 atom stereocenters. The second-order valence-corrected chi connectivity index (χ2v) is 1.21. The van der Waals surface area contributed by atoms with E-state index in [9.17, 15) is 9.59 Å². The molecule has 0 heterocycles. The Labute approximate surface area is 72.5 Å². The van der Waals surface area contributed by atoms with Crippen LogP contribution in [0.4, 0.5) is 0 Å². The van der Waals surface area contributed by atoms with Gasteiger partial charge in [-0.3, -0.25) is 0 Å². The topological polar surface area (TPSA) is 83.8 Å². The largest absolute Gasteiger partial charge is 0.479 e. The number of esters is 1. The second-order valence-electron chi connectivity index (χ2n) is 1.21. The number of ether oxygens (including phenoxy) is 1. The third-order valence-corrected chi connectivity index (χ3v) is 0.486. The Balaban J connectivity index is 0. The van der Waals surface area contributed by atoms with Crippen molar-refractivity contribution in [2.24, 2.45) is 0 Å². The summed E-state index contributed by atoms with van der Waals surface area (Å²) in [5.74, 6) is -2.17. The molecule has 0 aliphatic heterocycles. The molecule has 6 heteroatoms. The van der Waals surface area contributed by atoms with Crippen molar-refractivity contribution in [3.05, 3.63) is 0 Å². The summed E-state index contributed by atoms with van der Waals surface area (Å²) in [6.07, 6.45) is 0. The first-order valence-electron chi connectivity index (χ1n) is 2.15. The average molecular weight is 242 g/mol. The molecule has 0 unspecified atom stereocenters. The normalized spacial score (nSPS) is 7.70. The fourth-order valence-corrected chi connectivity index (χ4v) is 0.188. The van der Waals surface area contributed by atoms with Crippen molar-refractivity contribution < 1.29 is 46.9 Å². The molecule has 0 aliphatic carbocycles. The zero-order chi connectivity index (χ0) is 7.28. The molecule has 1 radical (unpaired) electrons. The smallest absolute Gasteiger partial charge is 0.341 e. The Hall–Kier alpha value is -0.360. The zero-order valence-corrected chi connectivity index (χ0v) is 6.32. The molecular formula is C4H6AgO5. The van der Waals surface area contributed by atoms with Gasteiger partial charge in [-0.1, -0.05) is 0 Å². The molecule has 10 heavy (non-hydrogen) atoms. The maximum Gasteiger partial charge on any atom is 0.341 e. The summed E-state index contributed by atoms with van der Waals surface area (Å²) in [5.41, 5.74) is 0. The summed E-state index contributed by atoms with van der Waals surface area (Å²) in [7, 11) is 0. The Kier molecular flexibility index (Phi) is 8.33. The van der Waals surface area contributed by atoms with Gasteiger partial charge in [0, 0.05) is 22.4 Å². The Morgan fingerprint density at radius 3 is 2.20 bits per heavy atom. The number of hydrogen-bond donors (Lipinski definition) is 2. The molecular weight excluding hydrogens is 236 g/mol. The average Bonchev–Trinajstić information content (AvgIpc) is 1.83. The Morgan fingerprint density at radius 2 is 1.90 bits per heavy atom. The monoisotopic (exact) mass is 241 g/mol. The van der Waals surface area contributed by atoms with Crippen LogP contribution in [0.3, 0.4) is 0 Å². The van der Waals surface area contributed by atoms with Gasteiger partial charge in [-0.05, 0) is 0 Å². The summed E-state index contributed by atoms with van der Waals surface area (Å²) in [6.45, 7) is -1.48. The number of hydrogen-bond acceptors (Lipinski definition) is 4. The molecule has 0 amide bonds. The minimum Gasteiger partial charge on any atom is -0.479 e. The van der Waals surface area contributed by atoms with E-state index in [2.05, 4.69) is 4.74 Å². The minimum absolute atomic E-state index is 0. The van der Waals surface area contributed by atoms with Gasteiger partial charge < -0.3 is 14.9 Å². The number of carboxylic acids is 1. The third-order valence-electron chi connectivity index (χ3n) is 0.486. The second kappa shape index (κ2) is 6.76. The van der Waals surface area contributed by atoms with E-state index in [-0.39, 0.29) is 22.4 Å². The van der Waals surface area contributed by atoms with E-state index in [1.807, 2.05) is 0 Å². The van der Waals surface area contributed by atoms with Crippen LogP contribution in [0.2, 0.25) is 0 Å². The molecule has 0 aromatic heterocycles. The number of carboxylic acid groups (broad SMARTS) is 1. The summed E-state index contributed by atoms with van der Waals surface area (Å²) < 4.78 is 3.96. The molecule has 0 aliphatic rings. The van der Waals surface area contributed by atoms with Gasteiger partial charge in [0.2, 0.25) is 0 Å². The molecule has 0 aromatic rings. The first-order chi connectivity index (χ1) is 4.16. The SMILES string of the molecule is O=C(O)COC(=O)CO.[Ag]. The van der Waals surface area contributed by atoms with Crippen molar-refractivity contribution in [1.82, 2.24) is 0 Å². The number of carbonyl (C=O) groups is 2. The molecule has 2 N–H and O–H groups in total. The van der Waals surface area contributed by atoms with Crippen LogP contribution in [0, 0.1) is 0 Å². The molecule has 0 fully saturated rings. The molecule has 0 spiro atoms. The van der Waals surface area contributed by atoms with E-state index in [0.29, 0.717) is 0 Å². The van der Waals surface area contributed by atoms with Gasteiger partial charge in [0.15, 0.2) is 6.61 Å². The minimum atomic E-state index is -1.24. The molecule has 5 nitrogen and oxygen atoms in total. The van der Waals surface area contributed by atoms with Crippen LogP contribution in [0.1, 0.15) is 0 Å². The van der Waals surface area contributed by atoms with E-state index >= 15 is 0 Å². The fourth-order valence-electron chi connectivity index (χ4n) is 0.188. The molecule has 0 saturated heterocycles. The van der Waals surface area contributed by atoms with Crippen molar-refractivity contribution in [2.45, 2.75) is 0 Å². The van der Waals surface area contributed by atoms with E-state index in [1.54, 1.807) is 0 Å². The van der Waals surface area contributed by atoms with E-state index in [0.717, 1.165) is 0 Å². The number of rotatable bonds is 3. The van der Waals surface area contributed by atoms with Gasteiger partial charge in [-0.15, -0.1) is 0 Å².